The molecule has 7 nitrogen and oxygen atoms in total. The van der Waals surface area contributed by atoms with Crippen molar-refractivity contribution in [2.75, 3.05) is 7.11 Å². The third kappa shape index (κ3) is 3.75. The first kappa shape index (κ1) is 21.2. The summed E-state index contributed by atoms with van der Waals surface area (Å²) in [5.74, 6) is 0.245. The summed E-state index contributed by atoms with van der Waals surface area (Å²) >= 11 is 1.22. The molecule has 3 aromatic carbocycles. The third-order valence-corrected chi connectivity index (χ3v) is 7.37. The predicted molar refractivity (Wildman–Crippen MR) is 128 cm³/mol. The van der Waals surface area contributed by atoms with Gasteiger partial charge in [-0.15, -0.1) is 0 Å². The van der Waals surface area contributed by atoms with Crippen LogP contribution in [0.1, 0.15) is 11.1 Å². The normalized spacial score (nSPS) is 12.5. The van der Waals surface area contributed by atoms with Crippen LogP contribution >= 0.6 is 11.3 Å². The van der Waals surface area contributed by atoms with Gasteiger partial charge in [-0.1, -0.05) is 53.3 Å². The summed E-state index contributed by atoms with van der Waals surface area (Å²) in [6.45, 7) is 1.87. The van der Waals surface area contributed by atoms with Gasteiger partial charge >= 0.3 is 10.1 Å². The Morgan fingerprint density at radius 3 is 2.52 bits per heavy atom. The van der Waals surface area contributed by atoms with Crippen molar-refractivity contribution in [3.8, 4) is 11.5 Å². The fourth-order valence-electron chi connectivity index (χ4n) is 3.51. The molecular formula is C24H18N2O5S2. The molecule has 0 aliphatic heterocycles. The van der Waals surface area contributed by atoms with Gasteiger partial charge in [-0.3, -0.25) is 4.79 Å². The van der Waals surface area contributed by atoms with Crippen LogP contribution < -0.4 is 19.0 Å². The van der Waals surface area contributed by atoms with Gasteiger partial charge in [-0.05, 0) is 43.3 Å². The standard InChI is InChI=1S/C24H18N2O5S2/c1-15-10-12-17(13-11-15)33(28,29)31-22-16(6-5-9-20(22)30-2)14-21-23(27)26-19-8-4-3-7-18(19)25-24(26)32-21/h3-14H,1-2H3/b21-14-. The minimum absolute atomic E-state index is 0.0101. The molecule has 0 saturated carbocycles. The number of aromatic nitrogens is 2. The van der Waals surface area contributed by atoms with E-state index >= 15 is 0 Å². The minimum Gasteiger partial charge on any atom is -0.493 e. The lowest BCUT2D eigenvalue weighted by Gasteiger charge is -2.13. The monoisotopic (exact) mass is 478 g/mol. The minimum atomic E-state index is -4.12. The highest BCUT2D eigenvalue weighted by Gasteiger charge is 2.21. The van der Waals surface area contributed by atoms with Crippen molar-refractivity contribution in [2.24, 2.45) is 0 Å². The number of aryl methyl sites for hydroxylation is 1. The molecule has 0 fully saturated rings. The Morgan fingerprint density at radius 2 is 1.76 bits per heavy atom. The second-order valence-corrected chi connectivity index (χ2v) is 9.92. The third-order valence-electron chi connectivity index (χ3n) is 5.16. The maximum absolute atomic E-state index is 13.1. The molecule has 2 aromatic heterocycles. The molecule has 0 spiro atoms. The summed E-state index contributed by atoms with van der Waals surface area (Å²) in [6.07, 6.45) is 1.60. The fraction of sp³-hybridized carbons (Fsp3) is 0.0833. The predicted octanol–water partition coefficient (Wildman–Crippen LogP) is 3.54. The molecule has 0 saturated heterocycles. The zero-order valence-electron chi connectivity index (χ0n) is 17.7. The number of ether oxygens (including phenoxy) is 1. The van der Waals surface area contributed by atoms with Crippen LogP contribution in [0.15, 0.2) is 76.4 Å². The van der Waals surface area contributed by atoms with Gasteiger partial charge in [-0.2, -0.15) is 8.42 Å². The number of thiazole rings is 1. The first-order valence-corrected chi connectivity index (χ1v) is 12.2. The van der Waals surface area contributed by atoms with Crippen molar-refractivity contribution in [2.45, 2.75) is 11.8 Å². The average Bonchev–Trinajstić information content (AvgIpc) is 3.31. The van der Waals surface area contributed by atoms with Gasteiger partial charge in [-0.25, -0.2) is 9.38 Å². The van der Waals surface area contributed by atoms with E-state index in [0.717, 1.165) is 16.6 Å². The maximum Gasteiger partial charge on any atom is 0.339 e. The number of nitrogens with zero attached hydrogens (tertiary/aromatic N) is 2. The number of hydrogen-bond acceptors (Lipinski definition) is 7. The van der Waals surface area contributed by atoms with E-state index in [1.807, 2.05) is 31.2 Å². The van der Waals surface area contributed by atoms with Crippen molar-refractivity contribution >= 4 is 43.5 Å². The van der Waals surface area contributed by atoms with Crippen LogP contribution in [0, 0.1) is 6.92 Å². The van der Waals surface area contributed by atoms with Gasteiger partial charge in [0, 0.05) is 5.56 Å². The quantitative estimate of drug-likeness (QED) is 0.359. The van der Waals surface area contributed by atoms with Gasteiger partial charge in [0.15, 0.2) is 16.5 Å². The van der Waals surface area contributed by atoms with E-state index in [2.05, 4.69) is 4.98 Å². The van der Waals surface area contributed by atoms with Gasteiger partial charge < -0.3 is 8.92 Å². The SMILES string of the molecule is COc1cccc(/C=c2\sc3nc4ccccc4n3c2=O)c1OS(=O)(=O)c1ccc(C)cc1. The number of rotatable bonds is 5. The molecule has 0 aliphatic carbocycles. The van der Waals surface area contributed by atoms with Crippen LogP contribution in [0.2, 0.25) is 0 Å². The second-order valence-electron chi connectivity index (χ2n) is 7.36. The largest absolute Gasteiger partial charge is 0.493 e. The van der Waals surface area contributed by atoms with Gasteiger partial charge in [0.2, 0.25) is 0 Å². The number of hydrogen-bond donors (Lipinski definition) is 0. The lowest BCUT2D eigenvalue weighted by Crippen LogP contribution is -2.22. The van der Waals surface area contributed by atoms with Crippen LogP contribution in [-0.4, -0.2) is 24.9 Å². The fourth-order valence-corrected chi connectivity index (χ4v) is 5.45. The van der Waals surface area contributed by atoms with Crippen molar-refractivity contribution in [1.29, 1.82) is 0 Å². The molecule has 0 amide bonds. The smallest absolute Gasteiger partial charge is 0.339 e. The Bertz CT molecular complexity index is 1720. The number of methoxy groups -OCH3 is 1. The lowest BCUT2D eigenvalue weighted by atomic mass is 10.2. The van der Waals surface area contributed by atoms with E-state index in [9.17, 15) is 13.2 Å². The zero-order valence-corrected chi connectivity index (χ0v) is 19.3. The average molecular weight is 479 g/mol. The topological polar surface area (TPSA) is 87.0 Å². The molecule has 2 heterocycles. The molecule has 33 heavy (non-hydrogen) atoms. The molecule has 0 atom stereocenters. The van der Waals surface area contributed by atoms with E-state index in [1.54, 1.807) is 40.8 Å². The molecule has 0 unspecified atom stereocenters. The Morgan fingerprint density at radius 1 is 1.00 bits per heavy atom. The van der Waals surface area contributed by atoms with Gasteiger partial charge in [0.25, 0.3) is 5.56 Å². The van der Waals surface area contributed by atoms with E-state index in [4.69, 9.17) is 8.92 Å². The van der Waals surface area contributed by atoms with Gasteiger partial charge in [0.1, 0.15) is 4.90 Å². The Hall–Kier alpha value is -3.69. The van der Waals surface area contributed by atoms with E-state index < -0.39 is 10.1 Å². The molecule has 0 radical (unpaired) electrons. The summed E-state index contributed by atoms with van der Waals surface area (Å²) in [4.78, 5) is 18.2. The molecule has 0 bridgehead atoms. The van der Waals surface area contributed by atoms with E-state index in [1.165, 1.54) is 30.6 Å². The van der Waals surface area contributed by atoms with Gasteiger partial charge in [0.05, 0.1) is 22.7 Å². The summed E-state index contributed by atoms with van der Waals surface area (Å²) in [5, 5.41) is 0. The Labute approximate surface area is 193 Å². The molecule has 0 aliphatic rings. The first-order chi connectivity index (χ1) is 15.9. The molecule has 5 aromatic rings. The zero-order chi connectivity index (χ0) is 23.2. The summed E-state index contributed by atoms with van der Waals surface area (Å²) in [6, 6.07) is 18.7. The Balaban J connectivity index is 1.66. The van der Waals surface area contributed by atoms with Crippen LogP contribution in [0.5, 0.6) is 11.5 Å². The summed E-state index contributed by atoms with van der Waals surface area (Å²) in [5.41, 5.74) is 2.55. The molecule has 0 N–H and O–H groups in total. The number of fused-ring (bicyclic) bond motifs is 3. The molecular weight excluding hydrogens is 460 g/mol. The highest BCUT2D eigenvalue weighted by molar-refractivity contribution is 7.87. The summed E-state index contributed by atoms with van der Waals surface area (Å²) in [7, 11) is -2.70. The lowest BCUT2D eigenvalue weighted by molar-refractivity contribution is 0.390. The summed E-state index contributed by atoms with van der Waals surface area (Å²) < 4.78 is 38.7. The maximum atomic E-state index is 13.1. The van der Waals surface area contributed by atoms with Crippen LogP contribution in [-0.2, 0) is 10.1 Å². The number of imidazole rings is 1. The Kier molecular flexibility index (Phi) is 5.15. The highest BCUT2D eigenvalue weighted by Crippen LogP contribution is 2.34. The second kappa shape index (κ2) is 8.02. The van der Waals surface area contributed by atoms with Crippen LogP contribution in [0.4, 0.5) is 0 Å². The molecule has 166 valence electrons. The number of para-hydroxylation sites is 3. The van der Waals surface area contributed by atoms with Crippen molar-refractivity contribution in [3.63, 3.8) is 0 Å². The highest BCUT2D eigenvalue weighted by atomic mass is 32.2. The number of benzene rings is 3. The van der Waals surface area contributed by atoms with Crippen LogP contribution in [0.3, 0.4) is 0 Å². The van der Waals surface area contributed by atoms with Crippen molar-refractivity contribution in [1.82, 2.24) is 9.38 Å². The van der Waals surface area contributed by atoms with E-state index in [-0.39, 0.29) is 22.0 Å². The van der Waals surface area contributed by atoms with Crippen molar-refractivity contribution in [3.05, 3.63) is 92.7 Å². The first-order valence-electron chi connectivity index (χ1n) is 9.97. The van der Waals surface area contributed by atoms with Crippen molar-refractivity contribution < 1.29 is 17.3 Å². The molecule has 5 rings (SSSR count). The molecule has 9 heteroatoms. The van der Waals surface area contributed by atoms with Crippen LogP contribution in [0.25, 0.3) is 22.1 Å². The van der Waals surface area contributed by atoms with E-state index in [0.29, 0.717) is 15.1 Å².